The van der Waals surface area contributed by atoms with Gasteiger partial charge < -0.3 is 9.84 Å². The summed E-state index contributed by atoms with van der Waals surface area (Å²) in [6.07, 6.45) is 3.65. The molecule has 1 N–H and O–H groups in total. The molecular weight excluding hydrogens is 236 g/mol. The van der Waals surface area contributed by atoms with Gasteiger partial charge in [-0.3, -0.25) is 0 Å². The van der Waals surface area contributed by atoms with Crippen LogP contribution in [0.5, 0.6) is 11.5 Å². The highest BCUT2D eigenvalue weighted by Crippen LogP contribution is 2.40. The fraction of sp³-hybridized carbons (Fsp3) is 0.647. The minimum Gasteiger partial charge on any atom is -0.507 e. The van der Waals surface area contributed by atoms with E-state index in [1.165, 1.54) is 11.1 Å². The summed E-state index contributed by atoms with van der Waals surface area (Å²) in [5.41, 5.74) is 4.49. The molecule has 0 aliphatic rings. The van der Waals surface area contributed by atoms with Gasteiger partial charge in [-0.25, -0.2) is 0 Å². The first-order valence-electron chi connectivity index (χ1n) is 7.56. The van der Waals surface area contributed by atoms with Crippen molar-refractivity contribution in [1.29, 1.82) is 0 Å². The van der Waals surface area contributed by atoms with Gasteiger partial charge in [-0.1, -0.05) is 27.7 Å². The van der Waals surface area contributed by atoms with E-state index in [0.717, 1.165) is 42.6 Å². The Morgan fingerprint density at radius 2 is 1.16 bits per heavy atom. The van der Waals surface area contributed by atoms with Crippen LogP contribution < -0.4 is 4.74 Å². The Morgan fingerprint density at radius 3 is 1.42 bits per heavy atom. The van der Waals surface area contributed by atoms with Crippen LogP contribution in [0, 0.1) is 0 Å². The number of benzene rings is 1. The van der Waals surface area contributed by atoms with Gasteiger partial charge in [0.1, 0.15) is 11.5 Å². The van der Waals surface area contributed by atoms with Crippen LogP contribution in [0.4, 0.5) is 0 Å². The molecule has 19 heavy (non-hydrogen) atoms. The number of rotatable bonds is 6. The fourth-order valence-corrected chi connectivity index (χ4v) is 2.81. The number of phenols is 1. The maximum atomic E-state index is 10.5. The Hall–Kier alpha value is -1.18. The van der Waals surface area contributed by atoms with E-state index in [2.05, 4.69) is 41.5 Å². The second-order valence-corrected chi connectivity index (χ2v) is 5.17. The third kappa shape index (κ3) is 3.05. The predicted octanol–water partition coefficient (Wildman–Crippen LogP) is 4.43. The molecule has 0 bridgehead atoms. The summed E-state index contributed by atoms with van der Waals surface area (Å²) in [6.45, 7) is 12.6. The zero-order valence-electron chi connectivity index (χ0n) is 13.3. The van der Waals surface area contributed by atoms with E-state index in [0.29, 0.717) is 5.75 Å². The number of aromatic hydroxyl groups is 1. The molecule has 0 saturated carbocycles. The molecule has 0 fully saturated rings. The Kier molecular flexibility index (Phi) is 5.71. The lowest BCUT2D eigenvalue weighted by Crippen LogP contribution is -2.13. The van der Waals surface area contributed by atoms with Gasteiger partial charge in [-0.15, -0.1) is 0 Å². The van der Waals surface area contributed by atoms with Gasteiger partial charge in [0.05, 0.1) is 6.10 Å². The van der Waals surface area contributed by atoms with E-state index in [9.17, 15) is 5.11 Å². The van der Waals surface area contributed by atoms with Crippen molar-refractivity contribution in [2.45, 2.75) is 73.3 Å². The van der Waals surface area contributed by atoms with E-state index in [-0.39, 0.29) is 6.10 Å². The molecule has 0 atom stereocenters. The number of phenolic OH excluding ortho intramolecular Hbond substituents is 1. The third-order valence-corrected chi connectivity index (χ3v) is 3.62. The number of hydrogen-bond acceptors (Lipinski definition) is 2. The molecule has 0 radical (unpaired) electrons. The lowest BCUT2D eigenvalue weighted by Gasteiger charge is -2.24. The van der Waals surface area contributed by atoms with Crippen LogP contribution in [0.15, 0.2) is 0 Å². The first kappa shape index (κ1) is 15.9. The van der Waals surface area contributed by atoms with Gasteiger partial charge in [0.2, 0.25) is 0 Å². The van der Waals surface area contributed by atoms with Crippen molar-refractivity contribution in [2.75, 3.05) is 0 Å². The normalized spacial score (nSPS) is 11.1. The summed E-state index contributed by atoms with van der Waals surface area (Å²) >= 11 is 0. The van der Waals surface area contributed by atoms with Gasteiger partial charge in [0.15, 0.2) is 0 Å². The maximum Gasteiger partial charge on any atom is 0.126 e. The van der Waals surface area contributed by atoms with Crippen molar-refractivity contribution in [3.8, 4) is 11.5 Å². The number of ether oxygens (including phenoxy) is 1. The summed E-state index contributed by atoms with van der Waals surface area (Å²) in [7, 11) is 0. The van der Waals surface area contributed by atoms with Gasteiger partial charge in [-0.05, 0) is 39.5 Å². The summed E-state index contributed by atoms with van der Waals surface area (Å²) in [4.78, 5) is 0. The van der Waals surface area contributed by atoms with E-state index in [1.54, 1.807) is 0 Å². The van der Waals surface area contributed by atoms with Gasteiger partial charge >= 0.3 is 0 Å². The average molecular weight is 264 g/mol. The van der Waals surface area contributed by atoms with Gasteiger partial charge in [-0.2, -0.15) is 0 Å². The van der Waals surface area contributed by atoms with Gasteiger partial charge in [0, 0.05) is 22.3 Å². The second-order valence-electron chi connectivity index (χ2n) is 5.17. The van der Waals surface area contributed by atoms with Crippen LogP contribution in [0.1, 0.15) is 63.8 Å². The van der Waals surface area contributed by atoms with Crippen molar-refractivity contribution in [1.82, 2.24) is 0 Å². The van der Waals surface area contributed by atoms with Crippen LogP contribution >= 0.6 is 0 Å². The molecule has 0 unspecified atom stereocenters. The Bertz CT molecular complexity index is 400. The Morgan fingerprint density at radius 1 is 0.789 bits per heavy atom. The molecule has 2 nitrogen and oxygen atoms in total. The highest BCUT2D eigenvalue weighted by molar-refractivity contribution is 5.59. The quantitative estimate of drug-likeness (QED) is 0.823. The largest absolute Gasteiger partial charge is 0.507 e. The van der Waals surface area contributed by atoms with Crippen molar-refractivity contribution < 1.29 is 9.84 Å². The first-order valence-corrected chi connectivity index (χ1v) is 7.56. The molecular formula is C17H28O2. The minimum atomic E-state index is 0.162. The smallest absolute Gasteiger partial charge is 0.126 e. The zero-order chi connectivity index (χ0) is 14.6. The highest BCUT2D eigenvalue weighted by Gasteiger charge is 2.21. The van der Waals surface area contributed by atoms with E-state index < -0.39 is 0 Å². The molecule has 0 aromatic heterocycles. The molecule has 108 valence electrons. The van der Waals surface area contributed by atoms with E-state index in [4.69, 9.17) is 4.74 Å². The monoisotopic (exact) mass is 264 g/mol. The second kappa shape index (κ2) is 6.83. The van der Waals surface area contributed by atoms with Crippen LogP contribution in [-0.2, 0) is 25.7 Å². The molecule has 0 heterocycles. The summed E-state index contributed by atoms with van der Waals surface area (Å²) < 4.78 is 6.09. The molecule has 0 spiro atoms. The van der Waals surface area contributed by atoms with Gasteiger partial charge in [0.25, 0.3) is 0 Å². The zero-order valence-corrected chi connectivity index (χ0v) is 13.3. The van der Waals surface area contributed by atoms with Crippen molar-refractivity contribution in [3.63, 3.8) is 0 Å². The molecule has 1 aromatic carbocycles. The molecule has 1 aromatic rings. The predicted molar refractivity (Wildman–Crippen MR) is 81.4 cm³/mol. The average Bonchev–Trinajstić information content (AvgIpc) is 2.38. The lowest BCUT2D eigenvalue weighted by atomic mass is 9.90. The highest BCUT2D eigenvalue weighted by atomic mass is 16.5. The van der Waals surface area contributed by atoms with E-state index >= 15 is 0 Å². The lowest BCUT2D eigenvalue weighted by molar-refractivity contribution is 0.236. The Labute approximate surface area is 117 Å². The minimum absolute atomic E-state index is 0.162. The van der Waals surface area contributed by atoms with Crippen LogP contribution in [-0.4, -0.2) is 11.2 Å². The van der Waals surface area contributed by atoms with Crippen molar-refractivity contribution in [3.05, 3.63) is 22.3 Å². The molecule has 0 aliphatic heterocycles. The van der Waals surface area contributed by atoms with Crippen LogP contribution in [0.2, 0.25) is 0 Å². The fourth-order valence-electron chi connectivity index (χ4n) is 2.81. The topological polar surface area (TPSA) is 29.5 Å². The molecule has 0 saturated heterocycles. The first-order chi connectivity index (χ1) is 9.01. The number of hydrogen-bond donors (Lipinski definition) is 1. The molecule has 0 aliphatic carbocycles. The van der Waals surface area contributed by atoms with E-state index in [1.807, 2.05) is 0 Å². The summed E-state index contributed by atoms with van der Waals surface area (Å²) in [6, 6.07) is 0. The van der Waals surface area contributed by atoms with Crippen molar-refractivity contribution >= 4 is 0 Å². The Balaban J connectivity index is 3.63. The molecule has 1 rings (SSSR count). The molecule has 2 heteroatoms. The summed E-state index contributed by atoms with van der Waals surface area (Å²) in [5.74, 6) is 1.52. The van der Waals surface area contributed by atoms with Crippen LogP contribution in [0.3, 0.4) is 0 Å². The van der Waals surface area contributed by atoms with Crippen molar-refractivity contribution in [2.24, 2.45) is 0 Å². The molecule has 0 amide bonds. The van der Waals surface area contributed by atoms with Crippen LogP contribution in [0.25, 0.3) is 0 Å². The SMILES string of the molecule is CCc1c(O)c(CC)c(CC)c(OC(C)C)c1CC. The third-order valence-electron chi connectivity index (χ3n) is 3.62. The standard InChI is InChI=1S/C17H28O2/c1-7-12-14(9-3)17(19-11(5)6)15(10-4)13(8-2)16(12)18/h11,18H,7-10H2,1-6H3. The maximum absolute atomic E-state index is 10.5. The summed E-state index contributed by atoms with van der Waals surface area (Å²) in [5, 5.41) is 10.5.